The first-order chi connectivity index (χ1) is 10.8. The number of nitrogens with zero attached hydrogens (tertiary/aromatic N) is 5. The molecule has 108 valence electrons. The molecule has 0 atom stereocenters. The zero-order valence-electron chi connectivity index (χ0n) is 11.3. The quantitative estimate of drug-likeness (QED) is 0.581. The molecule has 4 rings (SSSR count). The summed E-state index contributed by atoms with van der Waals surface area (Å²) in [5.41, 5.74) is 2.39. The summed E-state index contributed by atoms with van der Waals surface area (Å²) in [7, 11) is 0. The molecule has 0 radical (unpaired) electrons. The monoisotopic (exact) mass is 295 g/mol. The Balaban J connectivity index is 1.63. The third kappa shape index (κ3) is 2.22. The van der Waals surface area contributed by atoms with Crippen molar-refractivity contribution in [1.29, 1.82) is 0 Å². The van der Waals surface area contributed by atoms with Gasteiger partial charge < -0.3 is 4.52 Å². The van der Waals surface area contributed by atoms with Gasteiger partial charge in [-0.3, -0.25) is 0 Å². The highest BCUT2D eigenvalue weighted by Gasteiger charge is 2.11. The van der Waals surface area contributed by atoms with Gasteiger partial charge >= 0.3 is 0 Å². The molecule has 0 fully saturated rings. The van der Waals surface area contributed by atoms with Crippen LogP contribution < -0.4 is 0 Å². The van der Waals surface area contributed by atoms with Crippen molar-refractivity contribution in [3.05, 3.63) is 60.2 Å². The minimum atomic E-state index is -0.304. The van der Waals surface area contributed by atoms with Gasteiger partial charge in [0.15, 0.2) is 0 Å². The maximum absolute atomic E-state index is 12.9. The highest BCUT2D eigenvalue weighted by Crippen LogP contribution is 2.17. The van der Waals surface area contributed by atoms with Crippen LogP contribution in [0.3, 0.4) is 0 Å². The molecule has 2 aromatic carbocycles. The van der Waals surface area contributed by atoms with E-state index in [2.05, 4.69) is 20.5 Å². The first-order valence-corrected chi connectivity index (χ1v) is 6.66. The summed E-state index contributed by atoms with van der Waals surface area (Å²) in [6, 6.07) is 13.6. The molecule has 0 saturated heterocycles. The maximum atomic E-state index is 12.9. The average Bonchev–Trinajstić information content (AvgIpc) is 3.16. The van der Waals surface area contributed by atoms with E-state index < -0.39 is 0 Å². The predicted molar refractivity (Wildman–Crippen MR) is 76.3 cm³/mol. The Morgan fingerprint density at radius 2 is 1.86 bits per heavy atom. The molecule has 0 bridgehead atoms. The number of aromatic nitrogens is 5. The summed E-state index contributed by atoms with van der Waals surface area (Å²) in [4.78, 5) is 4.30. The third-order valence-corrected chi connectivity index (χ3v) is 3.28. The zero-order valence-corrected chi connectivity index (χ0v) is 11.3. The van der Waals surface area contributed by atoms with E-state index in [0.717, 1.165) is 11.0 Å². The highest BCUT2D eigenvalue weighted by molar-refractivity contribution is 5.73. The van der Waals surface area contributed by atoms with E-state index in [-0.39, 0.29) is 5.82 Å². The molecule has 7 heteroatoms. The largest absolute Gasteiger partial charge is 0.337 e. The van der Waals surface area contributed by atoms with Crippen molar-refractivity contribution >= 4 is 11.0 Å². The van der Waals surface area contributed by atoms with Crippen molar-refractivity contribution in [1.82, 2.24) is 25.1 Å². The van der Waals surface area contributed by atoms with Gasteiger partial charge in [-0.1, -0.05) is 22.5 Å². The summed E-state index contributed by atoms with van der Waals surface area (Å²) in [6.07, 6.45) is 0. The van der Waals surface area contributed by atoms with Gasteiger partial charge in [0.2, 0.25) is 11.7 Å². The fourth-order valence-corrected chi connectivity index (χ4v) is 2.20. The molecule has 2 heterocycles. The lowest BCUT2D eigenvalue weighted by molar-refractivity contribution is 0.366. The standard InChI is InChI=1S/C15H10FN5O/c16-11-7-5-10(6-8-11)15-17-14(22-19-15)9-21-13-4-2-1-3-12(13)18-20-21/h1-8H,9H2. The van der Waals surface area contributed by atoms with Gasteiger partial charge in [0.05, 0.1) is 5.52 Å². The van der Waals surface area contributed by atoms with Gasteiger partial charge in [0.1, 0.15) is 17.9 Å². The van der Waals surface area contributed by atoms with Crippen molar-refractivity contribution in [2.75, 3.05) is 0 Å². The summed E-state index contributed by atoms with van der Waals surface area (Å²) in [6.45, 7) is 0.328. The van der Waals surface area contributed by atoms with Crippen molar-refractivity contribution in [3.8, 4) is 11.4 Å². The molecule has 0 unspecified atom stereocenters. The number of para-hydroxylation sites is 1. The van der Waals surface area contributed by atoms with Crippen molar-refractivity contribution in [2.24, 2.45) is 0 Å². The lowest BCUT2D eigenvalue weighted by Crippen LogP contribution is -2.02. The molecule has 6 nitrogen and oxygen atoms in total. The molecular formula is C15H10FN5O. The second kappa shape index (κ2) is 5.03. The van der Waals surface area contributed by atoms with Crippen LogP contribution in [0.15, 0.2) is 53.1 Å². The van der Waals surface area contributed by atoms with Gasteiger partial charge in [0.25, 0.3) is 0 Å². The van der Waals surface area contributed by atoms with E-state index in [1.54, 1.807) is 16.8 Å². The third-order valence-electron chi connectivity index (χ3n) is 3.28. The van der Waals surface area contributed by atoms with Crippen LogP contribution in [-0.2, 0) is 6.54 Å². The molecule has 0 N–H and O–H groups in total. The number of rotatable bonds is 3. The second-order valence-electron chi connectivity index (χ2n) is 4.75. The normalized spacial score (nSPS) is 11.1. The van der Waals surface area contributed by atoms with Crippen molar-refractivity contribution in [3.63, 3.8) is 0 Å². The number of benzene rings is 2. The first-order valence-electron chi connectivity index (χ1n) is 6.66. The smallest absolute Gasteiger partial charge is 0.248 e. The van der Waals surface area contributed by atoms with E-state index in [1.807, 2.05) is 24.3 Å². The Morgan fingerprint density at radius 3 is 2.73 bits per heavy atom. The van der Waals surface area contributed by atoms with E-state index in [0.29, 0.717) is 23.8 Å². The van der Waals surface area contributed by atoms with Crippen LogP contribution >= 0.6 is 0 Å². The summed E-state index contributed by atoms with van der Waals surface area (Å²) in [5, 5.41) is 12.1. The summed E-state index contributed by atoms with van der Waals surface area (Å²) < 4.78 is 19.8. The van der Waals surface area contributed by atoms with Crippen LogP contribution in [0.25, 0.3) is 22.4 Å². The zero-order chi connectivity index (χ0) is 14.9. The fourth-order valence-electron chi connectivity index (χ4n) is 2.20. The molecule has 0 aliphatic rings. The van der Waals surface area contributed by atoms with E-state index in [4.69, 9.17) is 4.52 Å². The van der Waals surface area contributed by atoms with Crippen LogP contribution in [0.4, 0.5) is 4.39 Å². The predicted octanol–water partition coefficient (Wildman–Crippen LogP) is 2.67. The van der Waals surface area contributed by atoms with Crippen LogP contribution in [-0.4, -0.2) is 25.1 Å². The Kier molecular flexibility index (Phi) is 2.89. The second-order valence-corrected chi connectivity index (χ2v) is 4.75. The maximum Gasteiger partial charge on any atom is 0.248 e. The minimum absolute atomic E-state index is 0.304. The summed E-state index contributed by atoms with van der Waals surface area (Å²) >= 11 is 0. The topological polar surface area (TPSA) is 69.6 Å². The van der Waals surface area contributed by atoms with Crippen LogP contribution in [0.2, 0.25) is 0 Å². The molecule has 0 aliphatic carbocycles. The van der Waals surface area contributed by atoms with Crippen LogP contribution in [0.5, 0.6) is 0 Å². The Bertz CT molecular complexity index is 928. The number of hydrogen-bond donors (Lipinski definition) is 0. The Morgan fingerprint density at radius 1 is 1.05 bits per heavy atom. The van der Waals surface area contributed by atoms with E-state index >= 15 is 0 Å². The Labute approximate surface area is 124 Å². The SMILES string of the molecule is Fc1ccc(-c2noc(Cn3nnc4ccccc43)n2)cc1. The van der Waals surface area contributed by atoms with Crippen molar-refractivity contribution in [2.45, 2.75) is 6.54 Å². The van der Waals surface area contributed by atoms with Gasteiger partial charge in [-0.25, -0.2) is 9.07 Å². The molecule has 0 amide bonds. The minimum Gasteiger partial charge on any atom is -0.337 e. The molecule has 22 heavy (non-hydrogen) atoms. The number of hydrogen-bond acceptors (Lipinski definition) is 5. The Hall–Kier alpha value is -3.09. The lowest BCUT2D eigenvalue weighted by atomic mass is 10.2. The number of halogens is 1. The molecular weight excluding hydrogens is 285 g/mol. The van der Waals surface area contributed by atoms with Gasteiger partial charge in [0, 0.05) is 5.56 Å². The molecule has 0 aliphatic heterocycles. The molecule has 2 aromatic heterocycles. The van der Waals surface area contributed by atoms with Crippen LogP contribution in [0.1, 0.15) is 5.89 Å². The summed E-state index contributed by atoms with van der Waals surface area (Å²) in [5.74, 6) is 0.524. The molecule has 0 saturated carbocycles. The van der Waals surface area contributed by atoms with Gasteiger partial charge in [-0.2, -0.15) is 4.98 Å². The first kappa shape index (κ1) is 12.6. The molecule has 0 spiro atoms. The highest BCUT2D eigenvalue weighted by atomic mass is 19.1. The van der Waals surface area contributed by atoms with E-state index in [1.165, 1.54) is 12.1 Å². The van der Waals surface area contributed by atoms with Crippen LogP contribution in [0, 0.1) is 5.82 Å². The van der Waals surface area contributed by atoms with Gasteiger partial charge in [-0.05, 0) is 36.4 Å². The lowest BCUT2D eigenvalue weighted by Gasteiger charge is -1.96. The molecule has 4 aromatic rings. The van der Waals surface area contributed by atoms with Gasteiger partial charge in [-0.15, -0.1) is 5.10 Å². The number of fused-ring (bicyclic) bond motifs is 1. The van der Waals surface area contributed by atoms with Crippen molar-refractivity contribution < 1.29 is 8.91 Å². The fraction of sp³-hybridized carbons (Fsp3) is 0.0667. The van der Waals surface area contributed by atoms with E-state index in [9.17, 15) is 4.39 Å². The average molecular weight is 295 g/mol.